The summed E-state index contributed by atoms with van der Waals surface area (Å²) in [7, 11) is 5.51. The summed E-state index contributed by atoms with van der Waals surface area (Å²) in [5.41, 5.74) is 1.68. The zero-order chi connectivity index (χ0) is 24.8. The molecule has 0 saturated carbocycles. The Hall–Kier alpha value is -2.69. The van der Waals surface area contributed by atoms with Crippen molar-refractivity contribution in [1.82, 2.24) is 9.80 Å². The molecule has 1 aromatic carbocycles. The quantitative estimate of drug-likeness (QED) is 0.374. The molecule has 0 aromatic heterocycles. The van der Waals surface area contributed by atoms with Crippen LogP contribution in [0.3, 0.4) is 0 Å². The molecule has 1 amide bonds. The minimum Gasteiger partial charge on any atom is -0.497 e. The highest BCUT2D eigenvalue weighted by Gasteiger charge is 2.36. The van der Waals surface area contributed by atoms with Crippen LogP contribution in [0.25, 0.3) is 0 Å². The first-order valence-electron chi connectivity index (χ1n) is 11.0. The van der Waals surface area contributed by atoms with Gasteiger partial charge < -0.3 is 19.3 Å². The van der Waals surface area contributed by atoms with Gasteiger partial charge in [0.15, 0.2) is 6.10 Å². The van der Waals surface area contributed by atoms with Crippen molar-refractivity contribution in [2.45, 2.75) is 38.5 Å². The number of allylic oxidation sites excluding steroid dienone is 3. The highest BCUT2D eigenvalue weighted by Crippen LogP contribution is 2.35. The molecule has 0 N–H and O–H groups in total. The van der Waals surface area contributed by atoms with Crippen molar-refractivity contribution in [3.8, 4) is 17.6 Å². The number of methoxy groups -OCH3 is 1. The van der Waals surface area contributed by atoms with E-state index in [1.54, 1.807) is 24.2 Å². The summed E-state index contributed by atoms with van der Waals surface area (Å²) in [5, 5.41) is -0.364. The molecule has 33 heavy (non-hydrogen) atoms. The maximum absolute atomic E-state index is 13.8. The van der Waals surface area contributed by atoms with Crippen molar-refractivity contribution in [2.75, 3.05) is 40.6 Å². The van der Waals surface area contributed by atoms with Crippen LogP contribution in [0.1, 0.15) is 38.0 Å². The Morgan fingerprint density at radius 3 is 2.33 bits per heavy atom. The molecule has 0 heterocycles. The molecule has 0 saturated heterocycles. The maximum atomic E-state index is 13.8. The number of amides is 1. The van der Waals surface area contributed by atoms with Crippen molar-refractivity contribution in [1.29, 1.82) is 0 Å². The van der Waals surface area contributed by atoms with Crippen LogP contribution in [-0.4, -0.2) is 68.3 Å². The Labute approximate surface area is 203 Å². The molecule has 1 aliphatic carbocycles. The monoisotopic (exact) mass is 472 g/mol. The Bertz CT molecular complexity index is 882. The van der Waals surface area contributed by atoms with Gasteiger partial charge in [0, 0.05) is 38.2 Å². The average Bonchev–Trinajstić information content (AvgIpc) is 3.10. The third kappa shape index (κ3) is 8.99. The molecular formula is C26H36N2O4S. The minimum atomic E-state index is -0.968. The second kappa shape index (κ2) is 15.2. The van der Waals surface area contributed by atoms with Crippen molar-refractivity contribution in [3.05, 3.63) is 53.8 Å². The predicted octanol–water partition coefficient (Wildman–Crippen LogP) is 4.29. The first-order valence-corrected chi connectivity index (χ1v) is 12.3. The Balaban J connectivity index is 0.00000265. The summed E-state index contributed by atoms with van der Waals surface area (Å²) in [6.45, 7) is 6.46. The number of benzene rings is 1. The van der Waals surface area contributed by atoms with Gasteiger partial charge in [-0.1, -0.05) is 43.9 Å². The highest BCUT2D eigenvalue weighted by atomic mass is 32.2. The van der Waals surface area contributed by atoms with E-state index in [1.165, 1.54) is 18.7 Å². The molecule has 0 fully saturated rings. The number of hydrogen-bond acceptors (Lipinski definition) is 6. The first-order chi connectivity index (χ1) is 15.9. The van der Waals surface area contributed by atoms with Crippen molar-refractivity contribution >= 4 is 23.6 Å². The van der Waals surface area contributed by atoms with Crippen molar-refractivity contribution in [2.24, 2.45) is 0 Å². The van der Waals surface area contributed by atoms with Gasteiger partial charge in [0.2, 0.25) is 0 Å². The fourth-order valence-electron chi connectivity index (χ4n) is 3.16. The van der Waals surface area contributed by atoms with Gasteiger partial charge in [-0.15, -0.1) is 0 Å². The van der Waals surface area contributed by atoms with E-state index in [-0.39, 0.29) is 11.2 Å². The summed E-state index contributed by atoms with van der Waals surface area (Å²) in [6, 6.07) is 7.47. The average molecular weight is 473 g/mol. The largest absolute Gasteiger partial charge is 0.497 e. The summed E-state index contributed by atoms with van der Waals surface area (Å²) < 4.78 is 10.8. The highest BCUT2D eigenvalue weighted by molar-refractivity contribution is 7.98. The van der Waals surface area contributed by atoms with Crippen LogP contribution < -0.4 is 4.74 Å². The molecule has 2 atom stereocenters. The molecule has 0 bridgehead atoms. The molecule has 6 nitrogen and oxygen atoms in total. The second-order valence-corrected chi connectivity index (χ2v) is 8.26. The smallest absolute Gasteiger partial charge is 0.303 e. The molecule has 7 heteroatoms. The zero-order valence-electron chi connectivity index (χ0n) is 20.8. The fraction of sp³-hybridized carbons (Fsp3) is 0.462. The van der Waals surface area contributed by atoms with E-state index >= 15 is 0 Å². The molecular weight excluding hydrogens is 436 g/mol. The molecule has 1 aliphatic rings. The SMILES string of the molecule is CC.COc1ccc([C@@H](SC)[C@H](OC(C)=O)C(=O)N(CCN(C)C)C2=CC#CC=CC2)cc1. The van der Waals surface area contributed by atoms with E-state index in [0.717, 1.165) is 17.0 Å². The van der Waals surface area contributed by atoms with Crippen molar-refractivity contribution < 1.29 is 19.1 Å². The normalized spacial score (nSPS) is 13.9. The van der Waals surface area contributed by atoms with Gasteiger partial charge >= 0.3 is 5.97 Å². The van der Waals surface area contributed by atoms with Gasteiger partial charge in [0.05, 0.1) is 12.4 Å². The number of nitrogens with zero attached hydrogens (tertiary/aromatic N) is 2. The van der Waals surface area contributed by atoms with E-state index in [4.69, 9.17) is 9.47 Å². The van der Waals surface area contributed by atoms with Crippen molar-refractivity contribution in [3.63, 3.8) is 0 Å². The van der Waals surface area contributed by atoms with Gasteiger partial charge in [-0.2, -0.15) is 11.8 Å². The predicted molar refractivity (Wildman–Crippen MR) is 136 cm³/mol. The summed E-state index contributed by atoms with van der Waals surface area (Å²) in [4.78, 5) is 29.4. The van der Waals surface area contributed by atoms with Gasteiger partial charge in [-0.25, -0.2) is 0 Å². The topological polar surface area (TPSA) is 59.1 Å². The number of rotatable bonds is 10. The lowest BCUT2D eigenvalue weighted by atomic mass is 10.0. The Morgan fingerprint density at radius 1 is 1.12 bits per heavy atom. The lowest BCUT2D eigenvalue weighted by Crippen LogP contribution is -2.45. The number of esters is 1. The van der Waals surface area contributed by atoms with Crippen LogP contribution in [-0.2, 0) is 14.3 Å². The van der Waals surface area contributed by atoms with Crippen LogP contribution in [0.15, 0.2) is 48.2 Å². The summed E-state index contributed by atoms with van der Waals surface area (Å²) in [6.07, 6.45) is 6.98. The molecule has 0 aliphatic heterocycles. The Kier molecular flexibility index (Phi) is 13.1. The van der Waals surface area contributed by atoms with E-state index < -0.39 is 12.1 Å². The standard InChI is InChI=1S/C24H30N2O4S.C2H6/c1-18(27)30-22(23(31-5)19-12-14-21(29-4)15-13-19)24(28)26(17-16-25(2)3)20-10-8-6-7-9-11-20;1-2/h6,8,11-15,22-23H,10,16-17H2,1-5H3;1-2H3/t22-,23+;/m0./s1. The van der Waals surface area contributed by atoms with Crippen LogP contribution in [0.4, 0.5) is 0 Å². The summed E-state index contributed by atoms with van der Waals surface area (Å²) >= 11 is 1.47. The van der Waals surface area contributed by atoms with Crippen LogP contribution in [0.2, 0.25) is 0 Å². The third-order valence-corrected chi connectivity index (χ3v) is 5.77. The second-order valence-electron chi connectivity index (χ2n) is 7.28. The maximum Gasteiger partial charge on any atom is 0.303 e. The number of likely N-dealkylation sites (N-methyl/N-ethyl adjacent to an activating group) is 1. The van der Waals surface area contributed by atoms with Crippen LogP contribution in [0.5, 0.6) is 5.75 Å². The fourth-order valence-corrected chi connectivity index (χ4v) is 4.00. The number of carbonyl (C=O) groups is 2. The lowest BCUT2D eigenvalue weighted by Gasteiger charge is -2.32. The van der Waals surface area contributed by atoms with Gasteiger partial charge in [0.1, 0.15) is 5.75 Å². The van der Waals surface area contributed by atoms with E-state index in [9.17, 15) is 9.59 Å². The minimum absolute atomic E-state index is 0.254. The zero-order valence-corrected chi connectivity index (χ0v) is 21.6. The van der Waals surface area contributed by atoms with E-state index in [1.807, 2.05) is 69.4 Å². The van der Waals surface area contributed by atoms with Crippen LogP contribution in [0, 0.1) is 11.8 Å². The third-order valence-electron chi connectivity index (χ3n) is 4.74. The number of thioether (sulfide) groups is 1. The van der Waals surface area contributed by atoms with E-state index in [0.29, 0.717) is 19.5 Å². The Morgan fingerprint density at radius 2 is 1.79 bits per heavy atom. The molecule has 0 radical (unpaired) electrons. The number of ether oxygens (including phenoxy) is 2. The van der Waals surface area contributed by atoms with E-state index in [2.05, 4.69) is 11.8 Å². The first kappa shape index (κ1) is 28.3. The van der Waals surface area contributed by atoms with Crippen LogP contribution >= 0.6 is 11.8 Å². The lowest BCUT2D eigenvalue weighted by molar-refractivity contribution is -0.157. The van der Waals surface area contributed by atoms with Gasteiger partial charge in [0.25, 0.3) is 5.91 Å². The van der Waals surface area contributed by atoms with Gasteiger partial charge in [-0.3, -0.25) is 9.59 Å². The molecule has 0 unspecified atom stereocenters. The molecule has 180 valence electrons. The number of hydrogen-bond donors (Lipinski definition) is 0. The summed E-state index contributed by atoms with van der Waals surface area (Å²) in [5.74, 6) is 5.84. The molecule has 2 rings (SSSR count). The molecule has 1 aromatic rings. The van der Waals surface area contributed by atoms with Gasteiger partial charge in [-0.05, 0) is 44.1 Å². The molecule has 0 spiro atoms. The number of carbonyl (C=O) groups excluding carboxylic acids is 2.